The molecule has 0 amide bonds. The third-order valence-electron chi connectivity index (χ3n) is 3.14. The van der Waals surface area contributed by atoms with Crippen molar-refractivity contribution in [3.05, 3.63) is 35.3 Å². The Balaban J connectivity index is 1.59. The van der Waals surface area contributed by atoms with Crippen LogP contribution in [0.15, 0.2) is 35.3 Å². The molecule has 0 heterocycles. The molecule has 0 saturated carbocycles. The van der Waals surface area contributed by atoms with Gasteiger partial charge in [-0.25, -0.2) is 0 Å². The highest BCUT2D eigenvalue weighted by molar-refractivity contribution is 8.05. The predicted molar refractivity (Wildman–Crippen MR) is 84.9 cm³/mol. The van der Waals surface area contributed by atoms with Crippen LogP contribution in [0.1, 0.15) is 19.3 Å². The maximum atomic E-state index is 5.84. The molecule has 18 heavy (non-hydrogen) atoms. The topological polar surface area (TPSA) is 52.0 Å². The number of allylic oxidation sites excluding steroid dienone is 1. The van der Waals surface area contributed by atoms with E-state index < -0.39 is 0 Å². The summed E-state index contributed by atoms with van der Waals surface area (Å²) >= 11 is 3.99. The van der Waals surface area contributed by atoms with Crippen LogP contribution in [0, 0.1) is 0 Å². The summed E-state index contributed by atoms with van der Waals surface area (Å²) in [6.07, 6.45) is 14.3. The van der Waals surface area contributed by atoms with Gasteiger partial charge in [0.05, 0.1) is 0 Å². The summed E-state index contributed by atoms with van der Waals surface area (Å²) in [4.78, 5) is 1.37. The number of hydrogen-bond acceptors (Lipinski definition) is 4. The van der Waals surface area contributed by atoms with Crippen molar-refractivity contribution < 1.29 is 0 Å². The fraction of sp³-hybridized carbons (Fsp3) is 0.571. The van der Waals surface area contributed by atoms with Gasteiger partial charge in [-0.1, -0.05) is 30.4 Å². The molecule has 2 nitrogen and oxygen atoms in total. The summed E-state index contributed by atoms with van der Waals surface area (Å²) in [6.45, 7) is 0. The summed E-state index contributed by atoms with van der Waals surface area (Å²) < 4.78 is 0. The molecule has 0 bridgehead atoms. The van der Waals surface area contributed by atoms with Crippen LogP contribution in [0.5, 0.6) is 0 Å². The van der Waals surface area contributed by atoms with Gasteiger partial charge in [0.1, 0.15) is 0 Å². The molecule has 0 aromatic heterocycles. The van der Waals surface area contributed by atoms with Crippen molar-refractivity contribution in [2.45, 2.75) is 36.6 Å². The van der Waals surface area contributed by atoms with Crippen LogP contribution in [0.3, 0.4) is 0 Å². The molecule has 0 saturated heterocycles. The quantitative estimate of drug-likeness (QED) is 0.601. The molecule has 3 atom stereocenters. The van der Waals surface area contributed by atoms with E-state index in [2.05, 4.69) is 30.4 Å². The molecule has 0 aliphatic heterocycles. The number of rotatable bonds is 5. The fourth-order valence-electron chi connectivity index (χ4n) is 2.04. The van der Waals surface area contributed by atoms with Gasteiger partial charge in [0.2, 0.25) is 0 Å². The van der Waals surface area contributed by atoms with E-state index in [-0.39, 0.29) is 12.1 Å². The van der Waals surface area contributed by atoms with E-state index in [4.69, 9.17) is 11.5 Å². The zero-order valence-electron chi connectivity index (χ0n) is 10.6. The summed E-state index contributed by atoms with van der Waals surface area (Å²) in [6, 6.07) is 0.512. The lowest BCUT2D eigenvalue weighted by Gasteiger charge is -2.19. The van der Waals surface area contributed by atoms with Gasteiger partial charge in [-0.05, 0) is 19.3 Å². The molecule has 3 unspecified atom stereocenters. The van der Waals surface area contributed by atoms with Crippen molar-refractivity contribution in [1.82, 2.24) is 0 Å². The van der Waals surface area contributed by atoms with Crippen molar-refractivity contribution in [2.75, 3.05) is 11.5 Å². The minimum atomic E-state index is 0.223. The normalized spacial score (nSPS) is 31.4. The highest BCUT2D eigenvalue weighted by Gasteiger charge is 2.12. The number of hydrogen-bond donors (Lipinski definition) is 2. The summed E-state index contributed by atoms with van der Waals surface area (Å²) in [5, 5.41) is 0.676. The minimum absolute atomic E-state index is 0.223. The monoisotopic (exact) mass is 282 g/mol. The predicted octanol–water partition coefficient (Wildman–Crippen LogP) is 2.67. The highest BCUT2D eigenvalue weighted by Crippen LogP contribution is 2.26. The zero-order chi connectivity index (χ0) is 12.8. The van der Waals surface area contributed by atoms with Gasteiger partial charge in [-0.3, -0.25) is 0 Å². The first-order valence-corrected chi connectivity index (χ1v) is 8.60. The fourth-order valence-corrected chi connectivity index (χ4v) is 4.19. The molecule has 2 rings (SSSR count). The Bertz CT molecular complexity index is 350. The number of thioether (sulfide) groups is 2. The zero-order valence-corrected chi connectivity index (χ0v) is 12.3. The molecule has 0 aromatic carbocycles. The summed E-state index contributed by atoms with van der Waals surface area (Å²) in [7, 11) is 0. The Morgan fingerprint density at radius 2 is 1.94 bits per heavy atom. The minimum Gasteiger partial charge on any atom is -0.324 e. The largest absolute Gasteiger partial charge is 0.324 e. The van der Waals surface area contributed by atoms with Gasteiger partial charge in [0.15, 0.2) is 0 Å². The third-order valence-corrected chi connectivity index (χ3v) is 5.70. The van der Waals surface area contributed by atoms with Crippen LogP contribution in [0.25, 0.3) is 0 Å². The lowest BCUT2D eigenvalue weighted by Crippen LogP contribution is -2.22. The Morgan fingerprint density at radius 3 is 2.61 bits per heavy atom. The van der Waals surface area contributed by atoms with Crippen LogP contribution < -0.4 is 11.5 Å². The van der Waals surface area contributed by atoms with Crippen molar-refractivity contribution in [2.24, 2.45) is 11.5 Å². The summed E-state index contributed by atoms with van der Waals surface area (Å²) in [5.41, 5.74) is 11.6. The van der Waals surface area contributed by atoms with Crippen LogP contribution in [0.4, 0.5) is 0 Å². The van der Waals surface area contributed by atoms with Crippen LogP contribution >= 0.6 is 23.5 Å². The molecule has 100 valence electrons. The molecule has 0 spiro atoms. The second-order valence-corrected chi connectivity index (χ2v) is 7.26. The van der Waals surface area contributed by atoms with Gasteiger partial charge in [0, 0.05) is 33.7 Å². The maximum absolute atomic E-state index is 5.84. The first-order chi connectivity index (χ1) is 8.74. The van der Waals surface area contributed by atoms with Crippen molar-refractivity contribution in [1.29, 1.82) is 0 Å². The molecular weight excluding hydrogens is 260 g/mol. The first-order valence-electron chi connectivity index (χ1n) is 6.56. The average Bonchev–Trinajstić information content (AvgIpc) is 2.39. The van der Waals surface area contributed by atoms with Gasteiger partial charge >= 0.3 is 0 Å². The van der Waals surface area contributed by atoms with Crippen molar-refractivity contribution in [3.63, 3.8) is 0 Å². The average molecular weight is 282 g/mol. The lowest BCUT2D eigenvalue weighted by atomic mass is 10.0. The van der Waals surface area contributed by atoms with E-state index in [0.29, 0.717) is 5.25 Å². The van der Waals surface area contributed by atoms with Gasteiger partial charge in [0.25, 0.3) is 0 Å². The molecule has 0 radical (unpaired) electrons. The molecule has 0 fully saturated rings. The molecule has 4 heteroatoms. The Kier molecular flexibility index (Phi) is 5.89. The highest BCUT2D eigenvalue weighted by atomic mass is 32.2. The van der Waals surface area contributed by atoms with E-state index in [9.17, 15) is 0 Å². The second kappa shape index (κ2) is 7.43. The Morgan fingerprint density at radius 1 is 1.06 bits per heavy atom. The van der Waals surface area contributed by atoms with Gasteiger partial charge < -0.3 is 11.5 Å². The van der Waals surface area contributed by atoms with Gasteiger partial charge in [-0.2, -0.15) is 11.8 Å². The van der Waals surface area contributed by atoms with Crippen LogP contribution in [0.2, 0.25) is 0 Å². The summed E-state index contributed by atoms with van der Waals surface area (Å²) in [5.74, 6) is 2.37. The van der Waals surface area contributed by atoms with Gasteiger partial charge in [-0.15, -0.1) is 11.8 Å². The van der Waals surface area contributed by atoms with E-state index >= 15 is 0 Å². The maximum Gasteiger partial charge on any atom is 0.0262 e. The second-order valence-electron chi connectivity index (χ2n) is 4.75. The van der Waals surface area contributed by atoms with E-state index in [1.54, 1.807) is 0 Å². The Hall–Kier alpha value is -0.160. The molecule has 2 aliphatic carbocycles. The Labute approximate surface area is 118 Å². The number of nitrogens with two attached hydrogens (primary N) is 2. The van der Waals surface area contributed by atoms with E-state index in [1.165, 1.54) is 22.8 Å². The SMILES string of the molecule is NC1C=CC(SCCSC2C=CC(N)CC2)=CC1. The van der Waals surface area contributed by atoms with Crippen molar-refractivity contribution >= 4 is 23.5 Å². The smallest absolute Gasteiger partial charge is 0.0262 e. The third kappa shape index (κ3) is 4.84. The standard InChI is InChI=1S/C14H22N2S2/c15-11-1-5-13(6-2-11)17-9-10-18-14-7-3-12(16)4-8-14/h1,3,5-7,11-12,14H,2,4,8-10,15-16H2. The van der Waals surface area contributed by atoms with Crippen LogP contribution in [-0.2, 0) is 0 Å². The van der Waals surface area contributed by atoms with E-state index in [1.807, 2.05) is 23.5 Å². The first kappa shape index (κ1) is 14.3. The molecule has 4 N–H and O–H groups in total. The molecule has 0 aromatic rings. The molecule has 2 aliphatic rings. The van der Waals surface area contributed by atoms with E-state index in [0.717, 1.165) is 12.8 Å². The lowest BCUT2D eigenvalue weighted by molar-refractivity contribution is 0.653. The van der Waals surface area contributed by atoms with Crippen molar-refractivity contribution in [3.8, 4) is 0 Å². The molecular formula is C14H22N2S2. The van der Waals surface area contributed by atoms with Crippen LogP contribution in [-0.4, -0.2) is 28.8 Å².